The average Bonchev–Trinajstić information content (AvgIpc) is 3.04. The Bertz CT molecular complexity index is 1030. The number of nitrogens with zero attached hydrogens (tertiary/aromatic N) is 3. The van der Waals surface area contributed by atoms with Crippen molar-refractivity contribution < 1.29 is 8.42 Å². The number of nitrogens with one attached hydrogen (secondary N) is 1. The summed E-state index contributed by atoms with van der Waals surface area (Å²) in [6.45, 7) is 1.66. The predicted molar refractivity (Wildman–Crippen MR) is 107 cm³/mol. The normalized spacial score (nSPS) is 14.8. The Morgan fingerprint density at radius 1 is 1.16 bits per heavy atom. The van der Waals surface area contributed by atoms with Gasteiger partial charge in [0, 0.05) is 36.9 Å². The van der Waals surface area contributed by atoms with Gasteiger partial charge in [0.05, 0.1) is 11.0 Å². The largest absolute Gasteiger partial charge is 0.313 e. The molecule has 0 unspecified atom stereocenters. The maximum absolute atomic E-state index is 13.0. The van der Waals surface area contributed by atoms with Crippen LogP contribution in [0, 0.1) is 0 Å². The fraction of sp³-hybridized carbons (Fsp3) is 0.176. The van der Waals surface area contributed by atoms with Crippen molar-refractivity contribution in [2.45, 2.75) is 11.3 Å². The van der Waals surface area contributed by atoms with Crippen molar-refractivity contribution in [3.8, 4) is 0 Å². The first-order chi connectivity index (χ1) is 11.7. The van der Waals surface area contributed by atoms with Gasteiger partial charge in [0.1, 0.15) is 4.90 Å². The van der Waals surface area contributed by atoms with Crippen LogP contribution in [0.4, 0.5) is 0 Å². The van der Waals surface area contributed by atoms with E-state index in [1.807, 2.05) is 0 Å². The Morgan fingerprint density at radius 3 is 2.72 bits per heavy atom. The van der Waals surface area contributed by atoms with Crippen molar-refractivity contribution in [1.29, 1.82) is 0 Å². The van der Waals surface area contributed by atoms with Gasteiger partial charge in [0.15, 0.2) is 0 Å². The third-order valence-electron chi connectivity index (χ3n) is 4.13. The first-order valence-corrected chi connectivity index (χ1v) is 9.14. The maximum Gasteiger partial charge on any atom is 0.269 e. The van der Waals surface area contributed by atoms with Crippen LogP contribution in [0.1, 0.15) is 12.0 Å². The maximum atomic E-state index is 13.0. The van der Waals surface area contributed by atoms with Gasteiger partial charge in [-0.05, 0) is 42.8 Å². The molecule has 3 aromatic rings. The second-order valence-electron chi connectivity index (χ2n) is 5.59. The molecule has 0 fully saturated rings. The van der Waals surface area contributed by atoms with Crippen LogP contribution in [0.2, 0.25) is 0 Å². The van der Waals surface area contributed by atoms with Gasteiger partial charge in [-0.3, -0.25) is 9.97 Å². The Balaban J connectivity index is 0.00000182. The lowest BCUT2D eigenvalue weighted by atomic mass is 10.0. The number of aromatic nitrogens is 3. The SMILES string of the molecule is I.O=S(=O)(c1cccnc1)n1cc(C2=CCNCC2)c2ncccc21. The molecular formula is C17H17IN4O2S. The molecule has 6 nitrogen and oxygen atoms in total. The highest BCUT2D eigenvalue weighted by atomic mass is 127. The first-order valence-electron chi connectivity index (χ1n) is 7.70. The molecule has 1 N–H and O–H groups in total. The van der Waals surface area contributed by atoms with E-state index < -0.39 is 10.0 Å². The zero-order chi connectivity index (χ0) is 16.6. The summed E-state index contributed by atoms with van der Waals surface area (Å²) in [5, 5.41) is 3.27. The third kappa shape index (κ3) is 3.21. The van der Waals surface area contributed by atoms with E-state index in [4.69, 9.17) is 0 Å². The fourth-order valence-corrected chi connectivity index (χ4v) is 4.27. The highest BCUT2D eigenvalue weighted by molar-refractivity contribution is 14.0. The molecule has 0 atom stereocenters. The van der Waals surface area contributed by atoms with Crippen LogP contribution >= 0.6 is 24.0 Å². The van der Waals surface area contributed by atoms with Crippen LogP contribution < -0.4 is 5.32 Å². The second kappa shape index (κ2) is 7.22. The van der Waals surface area contributed by atoms with E-state index in [0.717, 1.165) is 30.6 Å². The summed E-state index contributed by atoms with van der Waals surface area (Å²) < 4.78 is 27.3. The molecule has 0 spiro atoms. The van der Waals surface area contributed by atoms with Crippen molar-refractivity contribution >= 4 is 50.6 Å². The molecule has 0 saturated heterocycles. The Labute approximate surface area is 163 Å². The lowest BCUT2D eigenvalue weighted by Gasteiger charge is -2.12. The molecule has 3 aromatic heterocycles. The summed E-state index contributed by atoms with van der Waals surface area (Å²) in [5.41, 5.74) is 3.28. The van der Waals surface area contributed by atoms with Gasteiger partial charge in [-0.15, -0.1) is 24.0 Å². The summed E-state index contributed by atoms with van der Waals surface area (Å²) >= 11 is 0. The zero-order valence-electron chi connectivity index (χ0n) is 13.3. The molecule has 4 rings (SSSR count). The van der Waals surface area contributed by atoms with Crippen molar-refractivity contribution in [1.82, 2.24) is 19.3 Å². The van der Waals surface area contributed by atoms with Crippen LogP contribution in [-0.2, 0) is 10.0 Å². The fourth-order valence-electron chi connectivity index (χ4n) is 2.94. The van der Waals surface area contributed by atoms with Gasteiger partial charge in [-0.1, -0.05) is 6.08 Å². The number of hydrogen-bond donors (Lipinski definition) is 1. The third-order valence-corrected chi connectivity index (χ3v) is 5.78. The van der Waals surface area contributed by atoms with Gasteiger partial charge in [-0.2, -0.15) is 0 Å². The van der Waals surface area contributed by atoms with Crippen molar-refractivity contribution in [3.05, 3.63) is 60.7 Å². The van der Waals surface area contributed by atoms with Crippen LogP contribution in [0.25, 0.3) is 16.6 Å². The molecule has 1 aliphatic heterocycles. The molecule has 0 saturated carbocycles. The molecule has 0 amide bonds. The molecule has 0 radical (unpaired) electrons. The highest BCUT2D eigenvalue weighted by Crippen LogP contribution is 2.30. The molecule has 0 aromatic carbocycles. The number of halogens is 1. The van der Waals surface area contributed by atoms with E-state index in [1.165, 1.54) is 10.2 Å². The van der Waals surface area contributed by atoms with Gasteiger partial charge in [0.2, 0.25) is 0 Å². The van der Waals surface area contributed by atoms with E-state index >= 15 is 0 Å². The van der Waals surface area contributed by atoms with Crippen LogP contribution in [-0.4, -0.2) is 35.4 Å². The van der Waals surface area contributed by atoms with Gasteiger partial charge >= 0.3 is 0 Å². The smallest absolute Gasteiger partial charge is 0.269 e. The van der Waals surface area contributed by atoms with E-state index in [1.54, 1.807) is 42.9 Å². The summed E-state index contributed by atoms with van der Waals surface area (Å²) in [5.74, 6) is 0. The van der Waals surface area contributed by atoms with E-state index in [2.05, 4.69) is 21.4 Å². The molecule has 130 valence electrons. The molecule has 0 aliphatic carbocycles. The van der Waals surface area contributed by atoms with Crippen LogP contribution in [0.5, 0.6) is 0 Å². The molecule has 1 aliphatic rings. The zero-order valence-corrected chi connectivity index (χ0v) is 16.4. The van der Waals surface area contributed by atoms with E-state index in [-0.39, 0.29) is 28.9 Å². The minimum absolute atomic E-state index is 0. The quantitative estimate of drug-likeness (QED) is 0.599. The second-order valence-corrected chi connectivity index (χ2v) is 7.40. The molecule has 25 heavy (non-hydrogen) atoms. The Hall–Kier alpha value is -1.78. The van der Waals surface area contributed by atoms with Crippen molar-refractivity contribution in [2.24, 2.45) is 0 Å². The molecule has 4 heterocycles. The lowest BCUT2D eigenvalue weighted by Crippen LogP contribution is -2.20. The minimum atomic E-state index is -3.71. The van der Waals surface area contributed by atoms with Crippen LogP contribution in [0.15, 0.2) is 60.0 Å². The summed E-state index contributed by atoms with van der Waals surface area (Å²) in [6, 6.07) is 6.70. The number of hydrogen-bond acceptors (Lipinski definition) is 5. The topological polar surface area (TPSA) is 76.9 Å². The van der Waals surface area contributed by atoms with Gasteiger partial charge in [-0.25, -0.2) is 12.4 Å². The molecular weight excluding hydrogens is 451 g/mol. The summed E-state index contributed by atoms with van der Waals surface area (Å²) in [6.07, 6.45) is 9.23. The molecule has 0 bridgehead atoms. The Morgan fingerprint density at radius 2 is 2.00 bits per heavy atom. The monoisotopic (exact) mass is 468 g/mol. The van der Waals surface area contributed by atoms with Crippen molar-refractivity contribution in [2.75, 3.05) is 13.1 Å². The Kier molecular flexibility index (Phi) is 5.21. The van der Waals surface area contributed by atoms with Gasteiger partial charge < -0.3 is 5.32 Å². The standard InChI is InChI=1S/C17H16N4O2S.HI/c22-24(23,14-3-1-7-19-11-14)21-12-15(13-5-9-18-10-6-13)17-16(21)4-2-8-20-17;/h1-5,7-8,11-12,18H,6,9-10H2;1H. The number of rotatable bonds is 3. The highest BCUT2D eigenvalue weighted by Gasteiger charge is 2.23. The minimum Gasteiger partial charge on any atom is -0.313 e. The number of fused-ring (bicyclic) bond motifs is 1. The van der Waals surface area contributed by atoms with Crippen LogP contribution in [0.3, 0.4) is 0 Å². The molecule has 8 heteroatoms. The average molecular weight is 468 g/mol. The first kappa shape index (κ1) is 18.0. The lowest BCUT2D eigenvalue weighted by molar-refractivity contribution is 0.588. The predicted octanol–water partition coefficient (Wildman–Crippen LogP) is 2.66. The summed E-state index contributed by atoms with van der Waals surface area (Å²) in [4.78, 5) is 8.51. The van der Waals surface area contributed by atoms with E-state index in [0.29, 0.717) is 11.0 Å². The van der Waals surface area contributed by atoms with Crippen molar-refractivity contribution in [3.63, 3.8) is 0 Å². The number of pyridine rings is 2. The summed E-state index contributed by atoms with van der Waals surface area (Å²) in [7, 11) is -3.71. The van der Waals surface area contributed by atoms with E-state index in [9.17, 15) is 8.42 Å². The van der Waals surface area contributed by atoms with Gasteiger partial charge in [0.25, 0.3) is 10.0 Å².